The molecule has 1 fully saturated rings. The van der Waals surface area contributed by atoms with Crippen LogP contribution in [0, 0.1) is 5.92 Å². The van der Waals surface area contributed by atoms with Gasteiger partial charge in [-0.1, -0.05) is 62.6 Å². The van der Waals surface area contributed by atoms with E-state index in [0.29, 0.717) is 19.3 Å². The minimum absolute atomic E-state index is 0.0191. The van der Waals surface area contributed by atoms with E-state index in [9.17, 15) is 15.0 Å². The zero-order chi connectivity index (χ0) is 23.3. The Labute approximate surface area is 192 Å². The van der Waals surface area contributed by atoms with Crippen LogP contribution >= 0.6 is 0 Å². The quantitative estimate of drug-likeness (QED) is 0.196. The summed E-state index contributed by atoms with van der Waals surface area (Å²) in [5.41, 5.74) is 8.35. The van der Waals surface area contributed by atoms with Crippen molar-refractivity contribution < 1.29 is 24.9 Å². The second kappa shape index (κ2) is 14.4. The number of esters is 1. The second-order valence-electron chi connectivity index (χ2n) is 8.88. The number of unbranched alkanes of at least 4 members (excludes halogenated alkanes) is 3. The van der Waals surface area contributed by atoms with E-state index in [1.54, 1.807) is 0 Å². The molecule has 32 heavy (non-hydrogen) atoms. The molecule has 0 bridgehead atoms. The molecule has 1 aliphatic carbocycles. The molecule has 6 nitrogen and oxygen atoms in total. The van der Waals surface area contributed by atoms with E-state index in [2.05, 4.69) is 19.1 Å². The normalized spacial score (nSPS) is 24.2. The summed E-state index contributed by atoms with van der Waals surface area (Å²) in [4.78, 5) is 11.4. The van der Waals surface area contributed by atoms with Gasteiger partial charge >= 0.3 is 5.97 Å². The first kappa shape index (κ1) is 26.5. The van der Waals surface area contributed by atoms with Crippen molar-refractivity contribution in [3.05, 3.63) is 47.5 Å². The third-order valence-corrected chi connectivity index (χ3v) is 6.41. The van der Waals surface area contributed by atoms with E-state index in [4.69, 9.17) is 15.6 Å². The summed E-state index contributed by atoms with van der Waals surface area (Å²) < 4.78 is 4.84. The molecule has 1 aromatic rings. The number of aliphatic hydroxyl groups is 3. The molecule has 5 N–H and O–H groups in total. The predicted molar refractivity (Wildman–Crippen MR) is 126 cm³/mol. The SMILES string of the molecule is CCCCCC(O)c1ccc([C@@H]2[C@@H](C/C=C\CCCC(=O)OCCO)[C@H](N)C[C@H]2O)cc1. The molecule has 0 aromatic heterocycles. The fourth-order valence-corrected chi connectivity index (χ4v) is 4.60. The average molecular weight is 448 g/mol. The first-order valence-corrected chi connectivity index (χ1v) is 12.1. The summed E-state index contributed by atoms with van der Waals surface area (Å²) in [6, 6.07) is 7.95. The monoisotopic (exact) mass is 447 g/mol. The predicted octanol–water partition coefficient (Wildman–Crippen LogP) is 3.74. The van der Waals surface area contributed by atoms with Crippen LogP contribution in [0.25, 0.3) is 0 Å². The van der Waals surface area contributed by atoms with Gasteiger partial charge in [-0.2, -0.15) is 0 Å². The maximum absolute atomic E-state index is 11.4. The molecule has 0 heterocycles. The molecular formula is C26H41NO5. The lowest BCUT2D eigenvalue weighted by molar-refractivity contribution is -0.144. The highest BCUT2D eigenvalue weighted by Gasteiger charge is 2.40. The molecule has 0 aliphatic heterocycles. The van der Waals surface area contributed by atoms with Crippen molar-refractivity contribution in [3.8, 4) is 0 Å². The van der Waals surface area contributed by atoms with E-state index < -0.39 is 12.2 Å². The van der Waals surface area contributed by atoms with E-state index in [1.165, 1.54) is 0 Å². The second-order valence-corrected chi connectivity index (χ2v) is 8.88. The van der Waals surface area contributed by atoms with Crippen LogP contribution in [-0.2, 0) is 9.53 Å². The van der Waals surface area contributed by atoms with Crippen molar-refractivity contribution in [1.29, 1.82) is 0 Å². The molecule has 0 saturated heterocycles. The van der Waals surface area contributed by atoms with Gasteiger partial charge in [0.05, 0.1) is 18.8 Å². The van der Waals surface area contributed by atoms with Crippen molar-refractivity contribution in [3.63, 3.8) is 0 Å². The number of rotatable bonds is 14. The topological polar surface area (TPSA) is 113 Å². The minimum Gasteiger partial charge on any atom is -0.463 e. The molecule has 1 unspecified atom stereocenters. The number of ether oxygens (including phenoxy) is 1. The smallest absolute Gasteiger partial charge is 0.305 e. The summed E-state index contributed by atoms with van der Waals surface area (Å²) in [6.07, 6.45) is 10.5. The Morgan fingerprint density at radius 2 is 1.97 bits per heavy atom. The highest BCUT2D eigenvalue weighted by Crippen LogP contribution is 2.41. The van der Waals surface area contributed by atoms with Crippen LogP contribution in [0.4, 0.5) is 0 Å². The first-order valence-electron chi connectivity index (χ1n) is 12.1. The van der Waals surface area contributed by atoms with E-state index in [-0.39, 0.29) is 37.1 Å². The summed E-state index contributed by atoms with van der Waals surface area (Å²) >= 11 is 0. The van der Waals surface area contributed by atoms with Crippen LogP contribution in [0.1, 0.15) is 87.9 Å². The lowest BCUT2D eigenvalue weighted by atomic mass is 9.83. The maximum atomic E-state index is 11.4. The van der Waals surface area contributed by atoms with Gasteiger partial charge in [0.1, 0.15) is 6.61 Å². The van der Waals surface area contributed by atoms with Gasteiger partial charge in [0.25, 0.3) is 0 Å². The highest BCUT2D eigenvalue weighted by atomic mass is 16.5. The Balaban J connectivity index is 1.88. The van der Waals surface area contributed by atoms with Crippen molar-refractivity contribution >= 4 is 5.97 Å². The fraction of sp³-hybridized carbons (Fsp3) is 0.654. The minimum atomic E-state index is -0.468. The number of carbonyl (C=O) groups is 1. The largest absolute Gasteiger partial charge is 0.463 e. The van der Waals surface area contributed by atoms with Gasteiger partial charge in [0.15, 0.2) is 0 Å². The van der Waals surface area contributed by atoms with E-state index >= 15 is 0 Å². The first-order chi connectivity index (χ1) is 15.5. The summed E-state index contributed by atoms with van der Waals surface area (Å²) in [5.74, 6) is -0.155. The number of allylic oxidation sites excluding steroid dienone is 2. The van der Waals surface area contributed by atoms with Gasteiger partial charge in [-0.05, 0) is 49.1 Å². The molecule has 0 spiro atoms. The van der Waals surface area contributed by atoms with Gasteiger partial charge in [-0.3, -0.25) is 4.79 Å². The average Bonchev–Trinajstić information content (AvgIpc) is 3.07. The zero-order valence-electron chi connectivity index (χ0n) is 19.4. The van der Waals surface area contributed by atoms with Crippen LogP contribution in [0.2, 0.25) is 0 Å². The Kier molecular flexibility index (Phi) is 12.0. The third-order valence-electron chi connectivity index (χ3n) is 6.41. The molecule has 0 amide bonds. The Morgan fingerprint density at radius 1 is 1.22 bits per heavy atom. The molecular weight excluding hydrogens is 406 g/mol. The Morgan fingerprint density at radius 3 is 2.66 bits per heavy atom. The van der Waals surface area contributed by atoms with Crippen molar-refractivity contribution in [2.75, 3.05) is 13.2 Å². The summed E-state index contributed by atoms with van der Waals surface area (Å²) in [6.45, 7) is 2.06. The van der Waals surface area contributed by atoms with Crippen LogP contribution in [-0.4, -0.2) is 46.6 Å². The number of benzene rings is 1. The fourth-order valence-electron chi connectivity index (χ4n) is 4.60. The molecule has 1 saturated carbocycles. The zero-order valence-corrected chi connectivity index (χ0v) is 19.4. The van der Waals surface area contributed by atoms with Crippen LogP contribution < -0.4 is 5.73 Å². The molecule has 1 aliphatic rings. The van der Waals surface area contributed by atoms with Gasteiger partial charge in [0.2, 0.25) is 0 Å². The Hall–Kier alpha value is -1.73. The summed E-state index contributed by atoms with van der Waals surface area (Å²) in [5, 5.41) is 29.7. The lowest BCUT2D eigenvalue weighted by Gasteiger charge is -2.24. The molecule has 5 atom stereocenters. The van der Waals surface area contributed by atoms with Crippen LogP contribution in [0.15, 0.2) is 36.4 Å². The van der Waals surface area contributed by atoms with Crippen molar-refractivity contribution in [2.24, 2.45) is 11.7 Å². The van der Waals surface area contributed by atoms with Crippen molar-refractivity contribution in [2.45, 2.75) is 88.9 Å². The lowest BCUT2D eigenvalue weighted by Crippen LogP contribution is -2.26. The number of carbonyl (C=O) groups excluding carboxylic acids is 1. The molecule has 2 rings (SSSR count). The maximum Gasteiger partial charge on any atom is 0.305 e. The molecule has 6 heteroatoms. The number of hydrogen-bond donors (Lipinski definition) is 4. The number of aliphatic hydroxyl groups excluding tert-OH is 3. The van der Waals surface area contributed by atoms with Gasteiger partial charge in [-0.15, -0.1) is 0 Å². The van der Waals surface area contributed by atoms with Gasteiger partial charge in [0, 0.05) is 18.4 Å². The van der Waals surface area contributed by atoms with Crippen LogP contribution in [0.5, 0.6) is 0 Å². The molecule has 1 aromatic carbocycles. The van der Waals surface area contributed by atoms with Crippen molar-refractivity contribution in [1.82, 2.24) is 0 Å². The molecule has 180 valence electrons. The van der Waals surface area contributed by atoms with Crippen LogP contribution in [0.3, 0.4) is 0 Å². The number of nitrogens with two attached hydrogens (primary N) is 1. The standard InChI is InChI=1S/C26H41NO5/c1-2-3-6-10-23(29)19-12-14-20(15-13-19)26-21(22(27)18-24(26)30)9-7-4-5-8-11-25(31)32-17-16-28/h4,7,12-15,21-24,26,28-30H,2-3,5-6,8-11,16-18,27H2,1H3/b7-4-/t21-,22+,23?,24+,26+/m0/s1. The van der Waals surface area contributed by atoms with Gasteiger partial charge in [-0.25, -0.2) is 0 Å². The summed E-state index contributed by atoms with van der Waals surface area (Å²) in [7, 11) is 0. The van der Waals surface area contributed by atoms with Gasteiger partial charge < -0.3 is 25.8 Å². The highest BCUT2D eigenvalue weighted by molar-refractivity contribution is 5.69. The van der Waals surface area contributed by atoms with E-state index in [1.807, 2.05) is 24.3 Å². The third kappa shape index (κ3) is 8.32. The molecule has 0 radical (unpaired) electrons. The number of hydrogen-bond acceptors (Lipinski definition) is 6. The van der Waals surface area contributed by atoms with E-state index in [0.717, 1.165) is 49.7 Å². The Bertz CT molecular complexity index is 690.